The quantitative estimate of drug-likeness (QED) is 0.409. The fourth-order valence-corrected chi connectivity index (χ4v) is 3.50. The Balaban J connectivity index is 1.84. The zero-order chi connectivity index (χ0) is 20.2. The molecule has 3 aromatic heterocycles. The summed E-state index contributed by atoms with van der Waals surface area (Å²) < 4.78 is 15.9. The monoisotopic (exact) mass is 402 g/mol. The van der Waals surface area contributed by atoms with E-state index in [0.29, 0.717) is 22.6 Å². The van der Waals surface area contributed by atoms with Crippen molar-refractivity contribution in [3.63, 3.8) is 0 Å². The Bertz CT molecular complexity index is 1190. The van der Waals surface area contributed by atoms with Crippen molar-refractivity contribution >= 4 is 17.3 Å². The second-order valence-electron chi connectivity index (χ2n) is 5.96. The minimum Gasteiger partial charge on any atom is -0.472 e. The number of esters is 1. The Morgan fingerprint density at radius 3 is 2.79 bits per heavy atom. The Hall–Kier alpha value is -3.89. The van der Waals surface area contributed by atoms with Gasteiger partial charge in [-0.3, -0.25) is 0 Å². The third kappa shape index (κ3) is 3.74. The molecule has 29 heavy (non-hydrogen) atoms. The van der Waals surface area contributed by atoms with Gasteiger partial charge in [0, 0.05) is 11.1 Å². The number of methoxy groups -OCH3 is 1. The molecular formula is C22H14N2O4S. The number of thiophene rings is 1. The van der Waals surface area contributed by atoms with Gasteiger partial charge in [0.1, 0.15) is 17.4 Å². The highest BCUT2D eigenvalue weighted by Crippen LogP contribution is 2.36. The molecule has 0 aliphatic heterocycles. The van der Waals surface area contributed by atoms with E-state index in [2.05, 4.69) is 11.1 Å². The van der Waals surface area contributed by atoms with E-state index in [1.165, 1.54) is 18.4 Å². The molecule has 3 heterocycles. The van der Waals surface area contributed by atoms with Crippen LogP contribution in [0.2, 0.25) is 0 Å². The average molecular weight is 402 g/mol. The number of hydrogen-bond acceptors (Lipinski definition) is 7. The molecular weight excluding hydrogens is 388 g/mol. The summed E-state index contributed by atoms with van der Waals surface area (Å²) in [6.45, 7) is 0. The number of aromatic nitrogens is 1. The molecule has 4 aromatic rings. The predicted molar refractivity (Wildman–Crippen MR) is 108 cm³/mol. The molecule has 0 amide bonds. The molecule has 0 saturated heterocycles. The summed E-state index contributed by atoms with van der Waals surface area (Å²) in [7, 11) is 1.31. The largest absolute Gasteiger partial charge is 0.472 e. The van der Waals surface area contributed by atoms with E-state index in [4.69, 9.17) is 13.9 Å². The summed E-state index contributed by atoms with van der Waals surface area (Å²) >= 11 is 1.53. The molecule has 142 valence electrons. The van der Waals surface area contributed by atoms with Crippen molar-refractivity contribution in [2.75, 3.05) is 7.11 Å². The van der Waals surface area contributed by atoms with Crippen molar-refractivity contribution in [2.45, 2.75) is 0 Å². The minimum absolute atomic E-state index is 0.150. The van der Waals surface area contributed by atoms with Crippen LogP contribution < -0.4 is 4.74 Å². The summed E-state index contributed by atoms with van der Waals surface area (Å²) in [6.07, 6.45) is 3.11. The normalized spacial score (nSPS) is 10.3. The number of carbonyl (C=O) groups is 1. The van der Waals surface area contributed by atoms with Crippen molar-refractivity contribution in [3.8, 4) is 39.4 Å². The van der Waals surface area contributed by atoms with Crippen molar-refractivity contribution < 1.29 is 18.7 Å². The molecule has 6 nitrogen and oxygen atoms in total. The van der Waals surface area contributed by atoms with Crippen molar-refractivity contribution in [1.29, 1.82) is 5.26 Å². The molecule has 1 aromatic carbocycles. The number of hydrogen-bond donors (Lipinski definition) is 0. The van der Waals surface area contributed by atoms with Crippen LogP contribution in [0.25, 0.3) is 21.7 Å². The van der Waals surface area contributed by atoms with Gasteiger partial charge in [-0.25, -0.2) is 9.78 Å². The zero-order valence-electron chi connectivity index (χ0n) is 15.3. The molecule has 0 fully saturated rings. The summed E-state index contributed by atoms with van der Waals surface area (Å²) in [6, 6.07) is 16.2. The van der Waals surface area contributed by atoms with E-state index in [9.17, 15) is 10.1 Å². The number of nitrogens with zero attached hydrogens (tertiary/aromatic N) is 2. The van der Waals surface area contributed by atoms with Gasteiger partial charge >= 0.3 is 5.97 Å². The molecule has 7 heteroatoms. The van der Waals surface area contributed by atoms with E-state index in [1.807, 2.05) is 23.6 Å². The summed E-state index contributed by atoms with van der Waals surface area (Å²) in [4.78, 5) is 17.3. The molecule has 0 N–H and O–H groups in total. The molecule has 0 bridgehead atoms. The van der Waals surface area contributed by atoms with Crippen LogP contribution in [-0.4, -0.2) is 18.1 Å². The maximum absolute atomic E-state index is 11.8. The Morgan fingerprint density at radius 2 is 2.10 bits per heavy atom. The van der Waals surface area contributed by atoms with E-state index in [-0.39, 0.29) is 11.4 Å². The highest BCUT2D eigenvalue weighted by molar-refractivity contribution is 7.13. The number of ether oxygens (including phenoxy) is 2. The SMILES string of the molecule is COC(=O)c1cccc(Oc2nc(-c3cccs3)cc(-c3ccoc3)c2C#N)c1. The number of nitriles is 1. The van der Waals surface area contributed by atoms with Gasteiger partial charge in [-0.05, 0) is 41.8 Å². The first-order chi connectivity index (χ1) is 14.2. The molecule has 4 rings (SSSR count). The second-order valence-corrected chi connectivity index (χ2v) is 6.91. The van der Waals surface area contributed by atoms with Crippen LogP contribution in [0, 0.1) is 11.3 Å². The van der Waals surface area contributed by atoms with Crippen LogP contribution in [0.5, 0.6) is 11.6 Å². The van der Waals surface area contributed by atoms with Crippen LogP contribution in [0.3, 0.4) is 0 Å². The lowest BCUT2D eigenvalue weighted by atomic mass is 10.0. The van der Waals surface area contributed by atoms with Crippen LogP contribution in [-0.2, 0) is 4.74 Å². The van der Waals surface area contributed by atoms with E-state index < -0.39 is 5.97 Å². The van der Waals surface area contributed by atoms with Gasteiger partial charge in [0.15, 0.2) is 0 Å². The molecule has 0 aliphatic rings. The Kier molecular flexibility index (Phi) is 5.10. The number of carbonyl (C=O) groups excluding carboxylic acids is 1. The number of furan rings is 1. The lowest BCUT2D eigenvalue weighted by Crippen LogP contribution is -2.02. The number of rotatable bonds is 5. The first kappa shape index (κ1) is 18.5. The summed E-state index contributed by atoms with van der Waals surface area (Å²) in [5.74, 6) is 0.0466. The molecule has 0 saturated carbocycles. The third-order valence-electron chi connectivity index (χ3n) is 4.17. The standard InChI is InChI=1S/C22H14N2O4S/c1-26-22(25)14-4-2-5-16(10-14)28-21-18(12-23)17(15-7-8-27-13-15)11-19(24-21)20-6-3-9-29-20/h2-11,13H,1H3. The summed E-state index contributed by atoms with van der Waals surface area (Å²) in [5, 5.41) is 11.8. The fraction of sp³-hybridized carbons (Fsp3) is 0.0455. The first-order valence-corrected chi connectivity index (χ1v) is 9.45. The van der Waals surface area contributed by atoms with Crippen LogP contribution in [0.1, 0.15) is 15.9 Å². The van der Waals surface area contributed by atoms with Crippen LogP contribution >= 0.6 is 11.3 Å². The van der Waals surface area contributed by atoms with Gasteiger partial charge in [0.05, 0.1) is 35.8 Å². The average Bonchev–Trinajstić information content (AvgIpc) is 3.47. The van der Waals surface area contributed by atoms with E-state index in [0.717, 1.165) is 10.4 Å². The highest BCUT2D eigenvalue weighted by Gasteiger charge is 2.19. The first-order valence-electron chi connectivity index (χ1n) is 8.57. The smallest absolute Gasteiger partial charge is 0.337 e. The Labute approximate surface area is 170 Å². The van der Waals surface area contributed by atoms with Gasteiger partial charge in [-0.15, -0.1) is 11.3 Å². The zero-order valence-corrected chi connectivity index (χ0v) is 16.1. The lowest BCUT2D eigenvalue weighted by molar-refractivity contribution is 0.0600. The second kappa shape index (κ2) is 8.00. The minimum atomic E-state index is -0.477. The van der Waals surface area contributed by atoms with Gasteiger partial charge in [0.25, 0.3) is 0 Å². The van der Waals surface area contributed by atoms with E-state index >= 15 is 0 Å². The lowest BCUT2D eigenvalue weighted by Gasteiger charge is -2.12. The van der Waals surface area contributed by atoms with Crippen molar-refractivity contribution in [1.82, 2.24) is 4.98 Å². The van der Waals surface area contributed by atoms with Gasteiger partial charge < -0.3 is 13.9 Å². The summed E-state index contributed by atoms with van der Waals surface area (Å²) in [5.41, 5.74) is 2.69. The molecule has 0 unspecified atom stereocenters. The topological polar surface area (TPSA) is 85.3 Å². The predicted octanol–water partition coefficient (Wildman–Crippen LogP) is 5.52. The number of pyridine rings is 1. The van der Waals surface area contributed by atoms with Gasteiger partial charge in [-0.1, -0.05) is 12.1 Å². The fourth-order valence-electron chi connectivity index (χ4n) is 2.82. The van der Waals surface area contributed by atoms with Crippen molar-refractivity contribution in [3.05, 3.63) is 77.6 Å². The molecule has 0 atom stereocenters. The molecule has 0 aliphatic carbocycles. The van der Waals surface area contributed by atoms with Crippen LogP contribution in [0.15, 0.2) is 70.9 Å². The van der Waals surface area contributed by atoms with Gasteiger partial charge in [-0.2, -0.15) is 5.26 Å². The number of benzene rings is 1. The van der Waals surface area contributed by atoms with E-state index in [1.54, 1.807) is 42.9 Å². The maximum atomic E-state index is 11.8. The van der Waals surface area contributed by atoms with Crippen molar-refractivity contribution in [2.24, 2.45) is 0 Å². The molecule has 0 spiro atoms. The molecule has 0 radical (unpaired) electrons. The van der Waals surface area contributed by atoms with Crippen LogP contribution in [0.4, 0.5) is 0 Å². The third-order valence-corrected chi connectivity index (χ3v) is 5.07. The Morgan fingerprint density at radius 1 is 1.21 bits per heavy atom. The highest BCUT2D eigenvalue weighted by atomic mass is 32.1. The van der Waals surface area contributed by atoms with Gasteiger partial charge in [0.2, 0.25) is 5.88 Å². The maximum Gasteiger partial charge on any atom is 0.337 e.